The van der Waals surface area contributed by atoms with Crippen LogP contribution in [-0.4, -0.2) is 45.9 Å². The van der Waals surface area contributed by atoms with E-state index in [0.29, 0.717) is 27.6 Å². The predicted octanol–water partition coefficient (Wildman–Crippen LogP) is 5.39. The van der Waals surface area contributed by atoms with E-state index in [1.807, 2.05) is 18.2 Å². The van der Waals surface area contributed by atoms with Crippen molar-refractivity contribution >= 4 is 50.6 Å². The zero-order valence-corrected chi connectivity index (χ0v) is 20.7. The molecule has 5 heterocycles. The molecule has 3 amide bonds. The van der Waals surface area contributed by atoms with Gasteiger partial charge in [-0.1, -0.05) is 27.0 Å². The van der Waals surface area contributed by atoms with E-state index in [-0.39, 0.29) is 23.9 Å². The highest BCUT2D eigenvalue weighted by Gasteiger charge is 2.33. The number of allylic oxidation sites excluding steroid dienone is 1. The first-order valence-corrected chi connectivity index (χ1v) is 12.5. The predicted molar refractivity (Wildman–Crippen MR) is 141 cm³/mol. The van der Waals surface area contributed by atoms with E-state index in [1.54, 1.807) is 23.4 Å². The smallest absolute Gasteiger partial charge is 0.331 e. The molecule has 0 radical (unpaired) electrons. The van der Waals surface area contributed by atoms with Gasteiger partial charge in [0.15, 0.2) is 0 Å². The molecule has 1 atom stereocenters. The molecule has 35 heavy (non-hydrogen) atoms. The molecule has 9 heteroatoms. The standard InChI is InChI=1S/C26H28N6O2S/c1-5-16(4)31-12-6-7-17(14-31)29-24(33)23-22-21-20(9-11-28-25(21)35-23)32(26(34)30-22)18-8-10-27-19(13-18)15(2)3/h5,8-11,13,15,17H,1,4,6-7,12,14H2,2-3H3,(H,29,33)(H,30,34)/t17-/m1/s1. The van der Waals surface area contributed by atoms with Crippen LogP contribution in [0.15, 0.2) is 55.5 Å². The molecule has 0 unspecified atom stereocenters. The SMILES string of the molecule is C=CC(=C)N1CCC[C@@H](NC(=O)c2sc3nccc4c3c2NC(=O)N4c2ccnc(C(C)C)c2)C1. The number of pyridine rings is 2. The van der Waals surface area contributed by atoms with E-state index in [4.69, 9.17) is 0 Å². The molecule has 0 aromatic carbocycles. The molecule has 1 saturated heterocycles. The molecule has 3 aromatic rings. The molecule has 0 saturated carbocycles. The molecule has 8 nitrogen and oxygen atoms in total. The Morgan fingerprint density at radius 2 is 2.11 bits per heavy atom. The average molecular weight is 489 g/mol. The number of aromatic nitrogens is 2. The van der Waals surface area contributed by atoms with Crippen molar-refractivity contribution in [3.8, 4) is 0 Å². The third-order valence-electron chi connectivity index (χ3n) is 6.46. The highest BCUT2D eigenvalue weighted by Crippen LogP contribution is 2.45. The minimum absolute atomic E-state index is 0.0140. The van der Waals surface area contributed by atoms with Crippen molar-refractivity contribution in [1.82, 2.24) is 20.2 Å². The zero-order valence-electron chi connectivity index (χ0n) is 19.9. The number of likely N-dealkylation sites (tertiary alicyclic amines) is 1. The van der Waals surface area contributed by atoms with Crippen LogP contribution in [0.2, 0.25) is 0 Å². The van der Waals surface area contributed by atoms with Gasteiger partial charge in [-0.15, -0.1) is 11.3 Å². The number of carbonyl (C=O) groups is 2. The molecular formula is C26H28N6O2S. The number of hydrogen-bond acceptors (Lipinski definition) is 6. The third kappa shape index (κ3) is 4.16. The Balaban J connectivity index is 1.48. The minimum atomic E-state index is -0.315. The molecule has 3 aromatic heterocycles. The minimum Gasteiger partial charge on any atom is -0.370 e. The Bertz CT molecular complexity index is 1350. The van der Waals surface area contributed by atoms with Gasteiger partial charge in [0, 0.05) is 42.9 Å². The van der Waals surface area contributed by atoms with E-state index >= 15 is 0 Å². The molecule has 180 valence electrons. The fraction of sp³-hybridized carbons (Fsp3) is 0.308. The Morgan fingerprint density at radius 1 is 1.31 bits per heavy atom. The van der Waals surface area contributed by atoms with Gasteiger partial charge in [0.2, 0.25) is 0 Å². The summed E-state index contributed by atoms with van der Waals surface area (Å²) in [5.74, 6) is 0.0244. The van der Waals surface area contributed by atoms with E-state index in [0.717, 1.165) is 41.9 Å². The number of carbonyl (C=O) groups excluding carboxylic acids is 2. The maximum absolute atomic E-state index is 13.4. The zero-order chi connectivity index (χ0) is 24.7. The van der Waals surface area contributed by atoms with Gasteiger partial charge in [-0.3, -0.25) is 14.7 Å². The Labute approximate surface area is 208 Å². The molecule has 2 aliphatic rings. The third-order valence-corrected chi connectivity index (χ3v) is 7.56. The van der Waals surface area contributed by atoms with E-state index < -0.39 is 0 Å². The molecule has 5 rings (SSSR count). The van der Waals surface area contributed by atoms with Gasteiger partial charge in [0.25, 0.3) is 5.91 Å². The highest BCUT2D eigenvalue weighted by atomic mass is 32.1. The molecule has 0 spiro atoms. The summed E-state index contributed by atoms with van der Waals surface area (Å²) >= 11 is 1.29. The molecule has 0 bridgehead atoms. The fourth-order valence-electron chi connectivity index (χ4n) is 4.63. The molecule has 0 aliphatic carbocycles. The van der Waals surface area contributed by atoms with Crippen molar-refractivity contribution in [2.24, 2.45) is 0 Å². The summed E-state index contributed by atoms with van der Waals surface area (Å²) in [6, 6.07) is 5.22. The number of piperidine rings is 1. The Hall–Kier alpha value is -3.72. The normalized spacial score (nSPS) is 17.5. The first kappa shape index (κ1) is 23.0. The number of urea groups is 1. The molecule has 2 N–H and O–H groups in total. The van der Waals surface area contributed by atoms with Crippen molar-refractivity contribution in [2.45, 2.75) is 38.6 Å². The summed E-state index contributed by atoms with van der Waals surface area (Å²) in [5, 5.41) is 6.89. The number of amides is 3. The van der Waals surface area contributed by atoms with Crippen LogP contribution in [-0.2, 0) is 0 Å². The van der Waals surface area contributed by atoms with Gasteiger partial charge in [-0.2, -0.15) is 0 Å². The van der Waals surface area contributed by atoms with Crippen LogP contribution in [0.4, 0.5) is 21.9 Å². The van der Waals surface area contributed by atoms with Gasteiger partial charge in [0.1, 0.15) is 9.71 Å². The number of thiophene rings is 1. The maximum Gasteiger partial charge on any atom is 0.331 e. The second kappa shape index (κ2) is 9.14. The fourth-order valence-corrected chi connectivity index (χ4v) is 5.65. The van der Waals surface area contributed by atoms with Crippen LogP contribution < -0.4 is 15.5 Å². The topological polar surface area (TPSA) is 90.5 Å². The Morgan fingerprint density at radius 3 is 2.89 bits per heavy atom. The summed E-state index contributed by atoms with van der Waals surface area (Å²) in [6.45, 7) is 13.5. The molecular weight excluding hydrogens is 460 g/mol. The van der Waals surface area contributed by atoms with Crippen LogP contribution >= 0.6 is 11.3 Å². The lowest BCUT2D eigenvalue weighted by Crippen LogP contribution is -2.47. The summed E-state index contributed by atoms with van der Waals surface area (Å²) in [7, 11) is 0. The first-order valence-electron chi connectivity index (χ1n) is 11.7. The summed E-state index contributed by atoms with van der Waals surface area (Å²) in [5.41, 5.74) is 3.71. The quantitative estimate of drug-likeness (QED) is 0.454. The molecule has 1 fully saturated rings. The monoisotopic (exact) mass is 488 g/mol. The van der Waals surface area contributed by atoms with E-state index in [1.165, 1.54) is 11.3 Å². The van der Waals surface area contributed by atoms with Crippen LogP contribution in [0.5, 0.6) is 0 Å². The second-order valence-corrected chi connectivity index (χ2v) is 10.1. The van der Waals surface area contributed by atoms with Gasteiger partial charge >= 0.3 is 6.03 Å². The van der Waals surface area contributed by atoms with Crippen molar-refractivity contribution in [3.63, 3.8) is 0 Å². The lowest BCUT2D eigenvalue weighted by Gasteiger charge is -2.35. The second-order valence-electron chi connectivity index (χ2n) is 9.13. The summed E-state index contributed by atoms with van der Waals surface area (Å²) < 4.78 is 0. The Kier molecular flexibility index (Phi) is 6.02. The highest BCUT2D eigenvalue weighted by molar-refractivity contribution is 7.21. The van der Waals surface area contributed by atoms with Crippen molar-refractivity contribution in [3.05, 3.63) is 66.1 Å². The molecule has 2 aliphatic heterocycles. The summed E-state index contributed by atoms with van der Waals surface area (Å²) in [4.78, 5) is 40.5. The number of anilines is 3. The van der Waals surface area contributed by atoms with Gasteiger partial charge in [0.05, 0.1) is 22.4 Å². The van der Waals surface area contributed by atoms with Crippen molar-refractivity contribution < 1.29 is 9.59 Å². The first-order chi connectivity index (χ1) is 16.9. The average Bonchev–Trinajstić information content (AvgIpc) is 3.23. The number of nitrogens with one attached hydrogen (secondary N) is 2. The van der Waals surface area contributed by atoms with Gasteiger partial charge in [-0.05, 0) is 43.0 Å². The number of rotatable bonds is 6. The van der Waals surface area contributed by atoms with E-state index in [9.17, 15) is 9.59 Å². The van der Waals surface area contributed by atoms with Crippen molar-refractivity contribution in [2.75, 3.05) is 23.3 Å². The largest absolute Gasteiger partial charge is 0.370 e. The van der Waals surface area contributed by atoms with Crippen LogP contribution in [0.3, 0.4) is 0 Å². The van der Waals surface area contributed by atoms with Crippen LogP contribution in [0.1, 0.15) is 48.0 Å². The number of hydrogen-bond donors (Lipinski definition) is 2. The summed E-state index contributed by atoms with van der Waals surface area (Å²) in [6.07, 6.45) is 6.97. The van der Waals surface area contributed by atoms with E-state index in [2.05, 4.69) is 52.5 Å². The number of nitrogens with zero attached hydrogens (tertiary/aromatic N) is 4. The van der Waals surface area contributed by atoms with Gasteiger partial charge < -0.3 is 15.5 Å². The lowest BCUT2D eigenvalue weighted by atomic mass is 10.0. The van der Waals surface area contributed by atoms with Gasteiger partial charge in [-0.25, -0.2) is 9.78 Å². The van der Waals surface area contributed by atoms with Crippen LogP contribution in [0.25, 0.3) is 10.2 Å². The lowest BCUT2D eigenvalue weighted by molar-refractivity contribution is 0.0920. The van der Waals surface area contributed by atoms with Crippen molar-refractivity contribution in [1.29, 1.82) is 0 Å². The maximum atomic E-state index is 13.4. The van der Waals surface area contributed by atoms with Crippen LogP contribution in [0, 0.1) is 0 Å².